The molecular weight excluding hydrogens is 200 g/mol. The van der Waals surface area contributed by atoms with Gasteiger partial charge in [0.1, 0.15) is 0 Å². The van der Waals surface area contributed by atoms with E-state index in [4.69, 9.17) is 0 Å². The Kier molecular flexibility index (Phi) is 3.53. The Bertz CT molecular complexity index is 255. The van der Waals surface area contributed by atoms with Crippen molar-refractivity contribution in [2.45, 2.75) is 38.5 Å². The van der Waals surface area contributed by atoms with Gasteiger partial charge in [0.25, 0.3) is 0 Å². The molecule has 3 heteroatoms. The van der Waals surface area contributed by atoms with Crippen molar-refractivity contribution in [1.82, 2.24) is 10.2 Å². The first-order valence-electron chi connectivity index (χ1n) is 6.58. The van der Waals surface area contributed by atoms with E-state index < -0.39 is 0 Å². The van der Waals surface area contributed by atoms with Gasteiger partial charge in [0.05, 0.1) is 5.41 Å². The van der Waals surface area contributed by atoms with Gasteiger partial charge in [0, 0.05) is 20.1 Å². The maximum absolute atomic E-state index is 12.3. The summed E-state index contributed by atoms with van der Waals surface area (Å²) in [5, 5.41) is 3.15. The lowest BCUT2D eigenvalue weighted by molar-refractivity contribution is -0.136. The van der Waals surface area contributed by atoms with Crippen molar-refractivity contribution in [3.8, 4) is 0 Å². The number of nitrogens with zero attached hydrogens (tertiary/aromatic N) is 1. The molecule has 92 valence electrons. The number of hydrogen-bond acceptors (Lipinski definition) is 2. The fraction of sp³-hybridized carbons (Fsp3) is 0.923. The highest BCUT2D eigenvalue weighted by molar-refractivity contribution is 5.85. The van der Waals surface area contributed by atoms with Crippen LogP contribution >= 0.6 is 0 Å². The van der Waals surface area contributed by atoms with Crippen LogP contribution in [0.3, 0.4) is 0 Å². The van der Waals surface area contributed by atoms with Crippen LogP contribution in [0.25, 0.3) is 0 Å². The quantitative estimate of drug-likeness (QED) is 0.770. The van der Waals surface area contributed by atoms with Gasteiger partial charge in [-0.05, 0) is 38.6 Å². The Labute approximate surface area is 98.6 Å². The van der Waals surface area contributed by atoms with Crippen molar-refractivity contribution in [2.75, 3.05) is 27.2 Å². The minimum Gasteiger partial charge on any atom is -0.345 e. The van der Waals surface area contributed by atoms with Crippen LogP contribution in [-0.2, 0) is 4.79 Å². The number of carbonyl (C=O) groups excluding carboxylic acids is 1. The molecule has 0 aromatic rings. The van der Waals surface area contributed by atoms with E-state index >= 15 is 0 Å². The molecule has 0 aromatic heterocycles. The van der Waals surface area contributed by atoms with E-state index in [0.717, 1.165) is 31.8 Å². The van der Waals surface area contributed by atoms with Gasteiger partial charge in [-0.1, -0.05) is 12.8 Å². The Hall–Kier alpha value is -0.570. The molecule has 0 heterocycles. The molecule has 0 aromatic carbocycles. The summed E-state index contributed by atoms with van der Waals surface area (Å²) in [4.78, 5) is 14.3. The number of rotatable bonds is 5. The second-order valence-electron chi connectivity index (χ2n) is 5.65. The fourth-order valence-corrected chi connectivity index (χ4v) is 3.02. The van der Waals surface area contributed by atoms with Crippen LogP contribution in [0.2, 0.25) is 0 Å². The van der Waals surface area contributed by atoms with Crippen molar-refractivity contribution < 1.29 is 4.79 Å². The largest absolute Gasteiger partial charge is 0.345 e. The topological polar surface area (TPSA) is 32.3 Å². The molecule has 2 rings (SSSR count). The smallest absolute Gasteiger partial charge is 0.229 e. The first kappa shape index (κ1) is 11.9. The molecule has 16 heavy (non-hydrogen) atoms. The lowest BCUT2D eigenvalue weighted by atomic mass is 10.0. The zero-order chi connectivity index (χ0) is 11.6. The average molecular weight is 224 g/mol. The first-order chi connectivity index (χ1) is 7.68. The van der Waals surface area contributed by atoms with E-state index in [1.165, 1.54) is 25.7 Å². The fourth-order valence-electron chi connectivity index (χ4n) is 3.02. The van der Waals surface area contributed by atoms with Gasteiger partial charge in [0.15, 0.2) is 0 Å². The van der Waals surface area contributed by atoms with Gasteiger partial charge in [-0.25, -0.2) is 0 Å². The predicted molar refractivity (Wildman–Crippen MR) is 65.2 cm³/mol. The Morgan fingerprint density at radius 1 is 1.38 bits per heavy atom. The maximum atomic E-state index is 12.3. The highest BCUT2D eigenvalue weighted by Gasteiger charge is 2.50. The van der Waals surface area contributed by atoms with Crippen LogP contribution in [-0.4, -0.2) is 38.0 Å². The molecule has 3 nitrogen and oxygen atoms in total. The van der Waals surface area contributed by atoms with Crippen molar-refractivity contribution in [3.05, 3.63) is 0 Å². The Morgan fingerprint density at radius 3 is 2.50 bits per heavy atom. The zero-order valence-electron chi connectivity index (χ0n) is 10.6. The van der Waals surface area contributed by atoms with E-state index in [9.17, 15) is 4.79 Å². The van der Waals surface area contributed by atoms with Crippen molar-refractivity contribution in [1.29, 1.82) is 0 Å². The molecule has 0 spiro atoms. The zero-order valence-corrected chi connectivity index (χ0v) is 10.6. The molecular formula is C13H24N2O. The lowest BCUT2D eigenvalue weighted by Crippen LogP contribution is -2.40. The summed E-state index contributed by atoms with van der Waals surface area (Å²) < 4.78 is 0. The SMILES string of the molecule is CNCC1(C(=O)N(C)CC2CCCC2)CC1. The summed E-state index contributed by atoms with van der Waals surface area (Å²) >= 11 is 0. The molecule has 2 fully saturated rings. The second kappa shape index (κ2) is 4.74. The molecule has 0 bridgehead atoms. The third-order valence-electron chi connectivity index (χ3n) is 4.18. The maximum Gasteiger partial charge on any atom is 0.229 e. The van der Waals surface area contributed by atoms with Crippen LogP contribution in [0.4, 0.5) is 0 Å². The Balaban J connectivity index is 1.84. The van der Waals surface area contributed by atoms with E-state index in [2.05, 4.69) is 5.32 Å². The number of carbonyl (C=O) groups is 1. The summed E-state index contributed by atoms with van der Waals surface area (Å²) in [6, 6.07) is 0. The summed E-state index contributed by atoms with van der Waals surface area (Å²) in [6.07, 6.45) is 7.49. The monoisotopic (exact) mass is 224 g/mol. The molecule has 0 saturated heterocycles. The number of amides is 1. The molecule has 1 amide bonds. The molecule has 0 aliphatic heterocycles. The molecule has 1 N–H and O–H groups in total. The summed E-state index contributed by atoms with van der Waals surface area (Å²) in [5.74, 6) is 1.13. The second-order valence-corrected chi connectivity index (χ2v) is 5.65. The summed E-state index contributed by atoms with van der Waals surface area (Å²) in [6.45, 7) is 1.82. The lowest BCUT2D eigenvalue weighted by Gasteiger charge is -2.25. The highest BCUT2D eigenvalue weighted by Crippen LogP contribution is 2.46. The first-order valence-corrected chi connectivity index (χ1v) is 6.58. The van der Waals surface area contributed by atoms with Gasteiger partial charge in [-0.15, -0.1) is 0 Å². The van der Waals surface area contributed by atoms with Gasteiger partial charge in [0.2, 0.25) is 5.91 Å². The van der Waals surface area contributed by atoms with Crippen LogP contribution in [0, 0.1) is 11.3 Å². The predicted octanol–water partition coefficient (Wildman–Crippen LogP) is 1.63. The summed E-state index contributed by atoms with van der Waals surface area (Å²) in [7, 11) is 3.92. The normalized spacial score (nSPS) is 23.4. The summed E-state index contributed by atoms with van der Waals surface area (Å²) in [5.41, 5.74) is -0.0396. The van der Waals surface area contributed by atoms with E-state index in [-0.39, 0.29) is 5.41 Å². The number of hydrogen-bond donors (Lipinski definition) is 1. The minimum absolute atomic E-state index is 0.0396. The average Bonchev–Trinajstić information content (AvgIpc) is 2.86. The molecule has 2 aliphatic rings. The van der Waals surface area contributed by atoms with E-state index in [0.29, 0.717) is 5.91 Å². The van der Waals surface area contributed by atoms with Crippen molar-refractivity contribution in [3.63, 3.8) is 0 Å². The van der Waals surface area contributed by atoms with E-state index in [1.54, 1.807) is 0 Å². The van der Waals surface area contributed by atoms with Crippen LogP contribution < -0.4 is 5.32 Å². The molecule has 2 aliphatic carbocycles. The molecule has 2 saturated carbocycles. The molecule has 0 unspecified atom stereocenters. The third kappa shape index (κ3) is 2.40. The minimum atomic E-state index is -0.0396. The van der Waals surface area contributed by atoms with Crippen LogP contribution in [0.5, 0.6) is 0 Å². The van der Waals surface area contributed by atoms with Gasteiger partial charge < -0.3 is 10.2 Å². The third-order valence-corrected chi connectivity index (χ3v) is 4.18. The Morgan fingerprint density at radius 2 is 2.00 bits per heavy atom. The van der Waals surface area contributed by atoms with Gasteiger partial charge >= 0.3 is 0 Å². The highest BCUT2D eigenvalue weighted by atomic mass is 16.2. The molecule has 0 atom stereocenters. The molecule has 0 radical (unpaired) electrons. The van der Waals surface area contributed by atoms with Crippen molar-refractivity contribution >= 4 is 5.91 Å². The van der Waals surface area contributed by atoms with Crippen LogP contribution in [0.15, 0.2) is 0 Å². The van der Waals surface area contributed by atoms with Crippen LogP contribution in [0.1, 0.15) is 38.5 Å². The van der Waals surface area contributed by atoms with E-state index in [1.807, 2.05) is 19.0 Å². The van der Waals surface area contributed by atoms with Gasteiger partial charge in [-0.2, -0.15) is 0 Å². The standard InChI is InChI=1S/C13H24N2O/c1-14-10-13(7-8-13)12(16)15(2)9-11-5-3-4-6-11/h11,14H,3-10H2,1-2H3. The van der Waals surface area contributed by atoms with Gasteiger partial charge in [-0.3, -0.25) is 4.79 Å². The van der Waals surface area contributed by atoms with Crippen molar-refractivity contribution in [2.24, 2.45) is 11.3 Å². The number of nitrogens with one attached hydrogen (secondary N) is 1.